The number of fused-ring (bicyclic) bond motifs is 1. The molecular weight excluding hydrogens is 324 g/mol. The lowest BCUT2D eigenvalue weighted by Gasteiger charge is -2.09. The van der Waals surface area contributed by atoms with Gasteiger partial charge in [-0.3, -0.25) is 4.79 Å². The molecule has 3 aromatic rings. The van der Waals surface area contributed by atoms with E-state index in [0.29, 0.717) is 22.8 Å². The number of carbonyl (C=O) groups is 1. The SMILES string of the molecule is COc1ccc(CCNC(=O)c2cc(Cl)nc3ccccc23)cc1. The fourth-order valence-corrected chi connectivity index (χ4v) is 2.74. The largest absolute Gasteiger partial charge is 0.497 e. The van der Waals surface area contributed by atoms with Crippen LogP contribution in [0.25, 0.3) is 10.9 Å². The Labute approximate surface area is 145 Å². The van der Waals surface area contributed by atoms with E-state index in [-0.39, 0.29) is 5.91 Å². The highest BCUT2D eigenvalue weighted by Crippen LogP contribution is 2.20. The molecule has 0 aliphatic rings. The van der Waals surface area contributed by atoms with Crippen molar-refractivity contribution in [1.29, 1.82) is 0 Å². The summed E-state index contributed by atoms with van der Waals surface area (Å²) in [5, 5.41) is 4.05. The lowest BCUT2D eigenvalue weighted by molar-refractivity contribution is 0.0955. The fraction of sp³-hybridized carbons (Fsp3) is 0.158. The first-order valence-electron chi connectivity index (χ1n) is 7.64. The first-order chi connectivity index (χ1) is 11.7. The summed E-state index contributed by atoms with van der Waals surface area (Å²) in [5.41, 5.74) is 2.39. The maximum Gasteiger partial charge on any atom is 0.252 e. The van der Waals surface area contributed by atoms with Gasteiger partial charge in [-0.1, -0.05) is 41.9 Å². The molecule has 0 fully saturated rings. The number of amides is 1. The van der Waals surface area contributed by atoms with Crippen molar-refractivity contribution in [2.75, 3.05) is 13.7 Å². The average Bonchev–Trinajstić information content (AvgIpc) is 2.61. The van der Waals surface area contributed by atoms with Crippen molar-refractivity contribution in [3.8, 4) is 5.75 Å². The van der Waals surface area contributed by atoms with Crippen LogP contribution < -0.4 is 10.1 Å². The highest BCUT2D eigenvalue weighted by atomic mass is 35.5. The molecule has 2 aromatic carbocycles. The van der Waals surface area contributed by atoms with Gasteiger partial charge >= 0.3 is 0 Å². The molecule has 4 nitrogen and oxygen atoms in total. The molecule has 0 unspecified atom stereocenters. The Balaban J connectivity index is 1.69. The fourth-order valence-electron chi connectivity index (χ4n) is 2.54. The summed E-state index contributed by atoms with van der Waals surface area (Å²) in [6.07, 6.45) is 0.743. The van der Waals surface area contributed by atoms with Gasteiger partial charge in [-0.2, -0.15) is 0 Å². The van der Waals surface area contributed by atoms with Gasteiger partial charge in [0.25, 0.3) is 5.91 Å². The number of halogens is 1. The molecule has 1 N–H and O–H groups in total. The number of rotatable bonds is 5. The van der Waals surface area contributed by atoms with Crippen LogP contribution in [0, 0.1) is 0 Å². The molecule has 1 heterocycles. The van der Waals surface area contributed by atoms with Crippen molar-refractivity contribution in [2.24, 2.45) is 0 Å². The number of benzene rings is 2. The molecule has 0 atom stereocenters. The molecule has 3 rings (SSSR count). The number of hydrogen-bond acceptors (Lipinski definition) is 3. The van der Waals surface area contributed by atoms with Crippen LogP contribution in [-0.2, 0) is 6.42 Å². The third-order valence-corrected chi connectivity index (χ3v) is 3.98. The lowest BCUT2D eigenvalue weighted by atomic mass is 10.1. The zero-order valence-electron chi connectivity index (χ0n) is 13.3. The van der Waals surface area contributed by atoms with Gasteiger partial charge in [0.05, 0.1) is 18.2 Å². The van der Waals surface area contributed by atoms with Crippen molar-refractivity contribution in [1.82, 2.24) is 10.3 Å². The Bertz CT molecular complexity index is 863. The molecule has 0 radical (unpaired) electrons. The van der Waals surface area contributed by atoms with Gasteiger partial charge in [0, 0.05) is 11.9 Å². The van der Waals surface area contributed by atoms with Crippen molar-refractivity contribution in [3.63, 3.8) is 0 Å². The van der Waals surface area contributed by atoms with Crippen molar-refractivity contribution in [3.05, 3.63) is 70.9 Å². The number of nitrogens with one attached hydrogen (secondary N) is 1. The van der Waals surface area contributed by atoms with Gasteiger partial charge in [0.1, 0.15) is 10.9 Å². The molecule has 24 heavy (non-hydrogen) atoms. The number of ether oxygens (including phenoxy) is 1. The number of nitrogens with zero attached hydrogens (tertiary/aromatic N) is 1. The summed E-state index contributed by atoms with van der Waals surface area (Å²) in [7, 11) is 1.64. The summed E-state index contributed by atoms with van der Waals surface area (Å²) < 4.78 is 5.13. The van der Waals surface area contributed by atoms with E-state index in [0.717, 1.165) is 23.1 Å². The van der Waals surface area contributed by atoms with E-state index in [1.54, 1.807) is 13.2 Å². The molecule has 0 aliphatic carbocycles. The highest BCUT2D eigenvalue weighted by molar-refractivity contribution is 6.30. The Kier molecular flexibility index (Phi) is 4.96. The molecule has 0 aliphatic heterocycles. The van der Waals surface area contributed by atoms with Crippen molar-refractivity contribution < 1.29 is 9.53 Å². The van der Waals surface area contributed by atoms with Crippen LogP contribution in [0.15, 0.2) is 54.6 Å². The number of aromatic nitrogens is 1. The van der Waals surface area contributed by atoms with E-state index in [1.165, 1.54) is 0 Å². The van der Waals surface area contributed by atoms with Crippen molar-refractivity contribution in [2.45, 2.75) is 6.42 Å². The lowest BCUT2D eigenvalue weighted by Crippen LogP contribution is -2.26. The normalized spacial score (nSPS) is 10.6. The molecule has 5 heteroatoms. The van der Waals surface area contributed by atoms with Crippen LogP contribution >= 0.6 is 11.6 Å². The second-order valence-electron chi connectivity index (χ2n) is 5.36. The summed E-state index contributed by atoms with van der Waals surface area (Å²) in [4.78, 5) is 16.7. The standard InChI is InChI=1S/C19H17ClN2O2/c1-24-14-8-6-13(7-9-14)10-11-21-19(23)16-12-18(20)22-17-5-3-2-4-15(16)17/h2-9,12H,10-11H2,1H3,(H,21,23). The zero-order valence-corrected chi connectivity index (χ0v) is 14.0. The Morgan fingerprint density at radius 3 is 2.67 bits per heavy atom. The molecule has 1 aromatic heterocycles. The topological polar surface area (TPSA) is 51.2 Å². The number of methoxy groups -OCH3 is 1. The number of pyridine rings is 1. The number of para-hydroxylation sites is 1. The Hall–Kier alpha value is -2.59. The van der Waals surface area contributed by atoms with Gasteiger partial charge in [-0.15, -0.1) is 0 Å². The zero-order chi connectivity index (χ0) is 16.9. The van der Waals surface area contributed by atoms with Gasteiger partial charge in [-0.25, -0.2) is 4.98 Å². The molecule has 1 amide bonds. The summed E-state index contributed by atoms with van der Waals surface area (Å²) in [6, 6.07) is 16.9. The van der Waals surface area contributed by atoms with Crippen LogP contribution in [0.4, 0.5) is 0 Å². The van der Waals surface area contributed by atoms with Crippen molar-refractivity contribution >= 4 is 28.4 Å². The van der Waals surface area contributed by atoms with Gasteiger partial charge in [0.15, 0.2) is 0 Å². The maximum absolute atomic E-state index is 12.5. The maximum atomic E-state index is 12.5. The van der Waals surface area contributed by atoms with Crippen LogP contribution in [0.2, 0.25) is 5.15 Å². The van der Waals surface area contributed by atoms with E-state index >= 15 is 0 Å². The molecule has 122 valence electrons. The van der Waals surface area contributed by atoms with E-state index in [1.807, 2.05) is 48.5 Å². The van der Waals surface area contributed by atoms with E-state index in [4.69, 9.17) is 16.3 Å². The molecule has 0 saturated heterocycles. The van der Waals surface area contributed by atoms with Gasteiger partial charge in [-0.05, 0) is 36.2 Å². The summed E-state index contributed by atoms with van der Waals surface area (Å²) in [5.74, 6) is 0.671. The summed E-state index contributed by atoms with van der Waals surface area (Å²) in [6.45, 7) is 0.541. The minimum atomic E-state index is -0.149. The second kappa shape index (κ2) is 7.32. The molecule has 0 saturated carbocycles. The van der Waals surface area contributed by atoms with E-state index in [2.05, 4.69) is 10.3 Å². The quantitative estimate of drug-likeness (QED) is 0.717. The minimum Gasteiger partial charge on any atom is -0.497 e. The molecule has 0 bridgehead atoms. The van der Waals surface area contributed by atoms with E-state index in [9.17, 15) is 4.79 Å². The molecule has 0 spiro atoms. The first-order valence-corrected chi connectivity index (χ1v) is 8.01. The number of carbonyl (C=O) groups excluding carboxylic acids is 1. The van der Waals surface area contributed by atoms with Crippen LogP contribution in [-0.4, -0.2) is 24.5 Å². The van der Waals surface area contributed by atoms with Gasteiger partial charge < -0.3 is 10.1 Å². The first kappa shape index (κ1) is 16.3. The Morgan fingerprint density at radius 2 is 1.92 bits per heavy atom. The smallest absolute Gasteiger partial charge is 0.252 e. The molecular formula is C19H17ClN2O2. The average molecular weight is 341 g/mol. The number of hydrogen-bond donors (Lipinski definition) is 1. The second-order valence-corrected chi connectivity index (χ2v) is 5.75. The Morgan fingerprint density at radius 1 is 1.17 bits per heavy atom. The third-order valence-electron chi connectivity index (χ3n) is 3.79. The third kappa shape index (κ3) is 3.66. The van der Waals surface area contributed by atoms with Crippen LogP contribution in [0.1, 0.15) is 15.9 Å². The van der Waals surface area contributed by atoms with E-state index < -0.39 is 0 Å². The minimum absolute atomic E-state index is 0.149. The monoisotopic (exact) mass is 340 g/mol. The van der Waals surface area contributed by atoms with Crippen LogP contribution in [0.3, 0.4) is 0 Å². The predicted octanol–water partition coefficient (Wildman–Crippen LogP) is 3.87. The highest BCUT2D eigenvalue weighted by Gasteiger charge is 2.11. The van der Waals surface area contributed by atoms with Gasteiger partial charge in [0.2, 0.25) is 0 Å². The van der Waals surface area contributed by atoms with Crippen LogP contribution in [0.5, 0.6) is 5.75 Å². The summed E-state index contributed by atoms with van der Waals surface area (Å²) >= 11 is 6.02. The predicted molar refractivity (Wildman–Crippen MR) is 95.8 cm³/mol.